The molecule has 0 aromatic heterocycles. The fraction of sp³-hybridized carbons (Fsp3) is 0.923. The second-order valence-electron chi connectivity index (χ2n) is 4.79. The minimum atomic E-state index is -4.59. The van der Waals surface area contributed by atoms with Gasteiger partial charge in [-0.15, -0.1) is 0 Å². The minimum absolute atomic E-state index is 0.0886. The molecule has 1 aliphatic rings. The zero-order valence-corrected chi connectivity index (χ0v) is 11.6. The molecule has 1 saturated heterocycles. The maximum atomic E-state index is 12.6. The topological polar surface area (TPSA) is 44.8 Å². The average Bonchev–Trinajstić information content (AvgIpc) is 2.41. The SMILES string of the molecule is CCC(=O)OC(COCCC1CCOCC1)C(F)(F)F. The molecule has 4 nitrogen and oxygen atoms in total. The Labute approximate surface area is 116 Å². The first-order chi connectivity index (χ1) is 9.43. The molecule has 118 valence electrons. The van der Waals surface area contributed by atoms with Crippen molar-refractivity contribution in [2.45, 2.75) is 44.9 Å². The molecular formula is C13H21F3O4. The first-order valence-corrected chi connectivity index (χ1v) is 6.85. The molecule has 0 aromatic carbocycles. The van der Waals surface area contributed by atoms with Crippen LogP contribution in [0.5, 0.6) is 0 Å². The summed E-state index contributed by atoms with van der Waals surface area (Å²) in [6.45, 7) is 2.44. The van der Waals surface area contributed by atoms with Gasteiger partial charge in [0.05, 0.1) is 6.61 Å². The van der Waals surface area contributed by atoms with Crippen LogP contribution in [-0.2, 0) is 19.0 Å². The summed E-state index contributed by atoms with van der Waals surface area (Å²) in [6.07, 6.45) is -4.33. The van der Waals surface area contributed by atoms with Crippen LogP contribution in [0.1, 0.15) is 32.6 Å². The Balaban J connectivity index is 2.25. The minimum Gasteiger partial charge on any atom is -0.450 e. The smallest absolute Gasteiger partial charge is 0.427 e. The first kappa shape index (κ1) is 17.2. The Bertz CT molecular complexity index is 288. The molecule has 0 aliphatic carbocycles. The van der Waals surface area contributed by atoms with Crippen molar-refractivity contribution >= 4 is 5.97 Å². The average molecular weight is 298 g/mol. The lowest BCUT2D eigenvalue weighted by Gasteiger charge is -2.23. The Kier molecular flexibility index (Phi) is 7.29. The van der Waals surface area contributed by atoms with Crippen LogP contribution in [-0.4, -0.2) is 44.7 Å². The van der Waals surface area contributed by atoms with E-state index in [1.807, 2.05) is 0 Å². The van der Waals surface area contributed by atoms with Gasteiger partial charge in [0.2, 0.25) is 6.10 Å². The van der Waals surface area contributed by atoms with E-state index < -0.39 is 24.9 Å². The van der Waals surface area contributed by atoms with E-state index >= 15 is 0 Å². The molecule has 1 fully saturated rings. The number of esters is 1. The quantitative estimate of drug-likeness (QED) is 0.535. The molecule has 0 amide bonds. The maximum Gasteiger partial charge on any atom is 0.427 e. The van der Waals surface area contributed by atoms with Gasteiger partial charge in [-0.25, -0.2) is 0 Å². The lowest BCUT2D eigenvalue weighted by atomic mass is 9.97. The number of hydrogen-bond acceptors (Lipinski definition) is 4. The Morgan fingerprint density at radius 2 is 2.00 bits per heavy atom. The van der Waals surface area contributed by atoms with Crippen LogP contribution in [0, 0.1) is 5.92 Å². The molecule has 7 heteroatoms. The highest BCUT2D eigenvalue weighted by atomic mass is 19.4. The summed E-state index contributed by atoms with van der Waals surface area (Å²) in [5.74, 6) is -0.438. The third-order valence-electron chi connectivity index (χ3n) is 3.21. The van der Waals surface area contributed by atoms with Crippen molar-refractivity contribution in [3.63, 3.8) is 0 Å². The first-order valence-electron chi connectivity index (χ1n) is 6.85. The van der Waals surface area contributed by atoms with Gasteiger partial charge in [0, 0.05) is 26.2 Å². The van der Waals surface area contributed by atoms with Gasteiger partial charge < -0.3 is 14.2 Å². The Morgan fingerprint density at radius 1 is 1.35 bits per heavy atom. The van der Waals surface area contributed by atoms with Crippen LogP contribution in [0.15, 0.2) is 0 Å². The van der Waals surface area contributed by atoms with Crippen molar-refractivity contribution < 1.29 is 32.2 Å². The lowest BCUT2D eigenvalue weighted by Crippen LogP contribution is -2.38. The van der Waals surface area contributed by atoms with E-state index in [-0.39, 0.29) is 13.0 Å². The fourth-order valence-electron chi connectivity index (χ4n) is 1.91. The number of carbonyl (C=O) groups is 1. The summed E-state index contributed by atoms with van der Waals surface area (Å²) in [7, 11) is 0. The molecule has 1 heterocycles. The van der Waals surface area contributed by atoms with E-state index in [0.29, 0.717) is 25.6 Å². The van der Waals surface area contributed by atoms with E-state index in [0.717, 1.165) is 12.8 Å². The van der Waals surface area contributed by atoms with Gasteiger partial charge in [0.25, 0.3) is 0 Å². The van der Waals surface area contributed by atoms with E-state index in [2.05, 4.69) is 4.74 Å². The summed E-state index contributed by atoms with van der Waals surface area (Å²) in [6, 6.07) is 0. The van der Waals surface area contributed by atoms with Crippen LogP contribution in [0.25, 0.3) is 0 Å². The van der Waals surface area contributed by atoms with Crippen molar-refractivity contribution in [2.75, 3.05) is 26.4 Å². The molecule has 0 saturated carbocycles. The van der Waals surface area contributed by atoms with Crippen LogP contribution in [0.3, 0.4) is 0 Å². The molecule has 1 unspecified atom stereocenters. The molecule has 0 aromatic rings. The third kappa shape index (κ3) is 6.56. The summed E-state index contributed by atoms with van der Waals surface area (Å²) in [5.41, 5.74) is 0. The van der Waals surface area contributed by atoms with Crippen LogP contribution >= 0.6 is 0 Å². The largest absolute Gasteiger partial charge is 0.450 e. The predicted molar refractivity (Wildman–Crippen MR) is 65.2 cm³/mol. The van der Waals surface area contributed by atoms with E-state index in [4.69, 9.17) is 9.47 Å². The van der Waals surface area contributed by atoms with E-state index in [9.17, 15) is 18.0 Å². The molecule has 0 bridgehead atoms. The van der Waals surface area contributed by atoms with Gasteiger partial charge >= 0.3 is 12.1 Å². The number of alkyl halides is 3. The highest BCUT2D eigenvalue weighted by molar-refractivity contribution is 5.69. The van der Waals surface area contributed by atoms with Gasteiger partial charge in [-0.3, -0.25) is 4.79 Å². The molecule has 0 radical (unpaired) electrons. The summed E-state index contributed by atoms with van der Waals surface area (Å²) in [5, 5.41) is 0. The molecule has 20 heavy (non-hydrogen) atoms. The third-order valence-corrected chi connectivity index (χ3v) is 3.21. The summed E-state index contributed by atoms with van der Waals surface area (Å²) >= 11 is 0. The van der Waals surface area contributed by atoms with E-state index in [1.54, 1.807) is 0 Å². The molecule has 0 spiro atoms. The monoisotopic (exact) mass is 298 g/mol. The van der Waals surface area contributed by atoms with Crippen molar-refractivity contribution in [3.8, 4) is 0 Å². The van der Waals surface area contributed by atoms with Gasteiger partial charge in [-0.05, 0) is 25.2 Å². The zero-order valence-electron chi connectivity index (χ0n) is 11.6. The fourth-order valence-corrected chi connectivity index (χ4v) is 1.91. The van der Waals surface area contributed by atoms with Gasteiger partial charge in [0.1, 0.15) is 0 Å². The second kappa shape index (κ2) is 8.46. The Morgan fingerprint density at radius 3 is 2.55 bits per heavy atom. The highest BCUT2D eigenvalue weighted by Crippen LogP contribution is 2.24. The van der Waals surface area contributed by atoms with Crippen molar-refractivity contribution in [2.24, 2.45) is 5.92 Å². The molecule has 0 N–H and O–H groups in total. The van der Waals surface area contributed by atoms with E-state index in [1.165, 1.54) is 6.92 Å². The lowest BCUT2D eigenvalue weighted by molar-refractivity contribution is -0.232. The molecule has 1 rings (SSSR count). The van der Waals surface area contributed by atoms with Crippen molar-refractivity contribution in [1.82, 2.24) is 0 Å². The highest BCUT2D eigenvalue weighted by Gasteiger charge is 2.42. The van der Waals surface area contributed by atoms with Crippen LogP contribution in [0.4, 0.5) is 13.2 Å². The number of carbonyl (C=O) groups excluding carboxylic acids is 1. The van der Waals surface area contributed by atoms with Gasteiger partial charge in [-0.2, -0.15) is 13.2 Å². The summed E-state index contributed by atoms with van der Waals surface area (Å²) in [4.78, 5) is 11.0. The second-order valence-corrected chi connectivity index (χ2v) is 4.79. The van der Waals surface area contributed by atoms with Crippen LogP contribution < -0.4 is 0 Å². The molecular weight excluding hydrogens is 277 g/mol. The normalized spacial score (nSPS) is 18.8. The number of halogens is 3. The predicted octanol–water partition coefficient (Wildman–Crippen LogP) is 2.70. The van der Waals surface area contributed by atoms with Gasteiger partial charge in [-0.1, -0.05) is 6.92 Å². The maximum absolute atomic E-state index is 12.6. The standard InChI is InChI=1S/C13H21F3O4/c1-2-12(17)20-11(13(14,15)16)9-19-8-5-10-3-6-18-7-4-10/h10-11H,2-9H2,1H3. The zero-order chi connectivity index (χ0) is 15.0. The van der Waals surface area contributed by atoms with Crippen molar-refractivity contribution in [3.05, 3.63) is 0 Å². The van der Waals surface area contributed by atoms with Crippen LogP contribution in [0.2, 0.25) is 0 Å². The Hall–Kier alpha value is -0.820. The van der Waals surface area contributed by atoms with Crippen molar-refractivity contribution in [1.29, 1.82) is 0 Å². The van der Waals surface area contributed by atoms with Gasteiger partial charge in [0.15, 0.2) is 0 Å². The molecule has 1 aliphatic heterocycles. The number of ether oxygens (including phenoxy) is 3. The number of hydrogen-bond donors (Lipinski definition) is 0. The molecule has 1 atom stereocenters. The number of rotatable bonds is 7. The summed E-state index contributed by atoms with van der Waals surface area (Å²) < 4.78 is 52.5.